The van der Waals surface area contributed by atoms with Crippen molar-refractivity contribution in [3.8, 4) is 0 Å². The van der Waals surface area contributed by atoms with Gasteiger partial charge in [0.15, 0.2) is 0 Å². The Balaban J connectivity index is 1.43. The van der Waals surface area contributed by atoms with E-state index in [0.717, 1.165) is 5.56 Å². The lowest BCUT2D eigenvalue weighted by Crippen LogP contribution is -2.52. The van der Waals surface area contributed by atoms with Gasteiger partial charge in [0.05, 0.1) is 11.4 Å². The van der Waals surface area contributed by atoms with Crippen molar-refractivity contribution in [3.63, 3.8) is 0 Å². The second kappa shape index (κ2) is 9.95. The van der Waals surface area contributed by atoms with Crippen LogP contribution in [0.2, 0.25) is 0 Å². The number of para-hydroxylation sites is 2. The molecule has 3 aromatic rings. The molecule has 0 radical (unpaired) electrons. The Kier molecular flexibility index (Phi) is 6.64. The number of hydrogen-bond donors (Lipinski definition) is 2. The van der Waals surface area contributed by atoms with Crippen LogP contribution in [0.4, 0.5) is 26.2 Å². The van der Waals surface area contributed by atoms with Crippen LogP contribution in [0, 0.1) is 5.82 Å². The van der Waals surface area contributed by atoms with E-state index in [1.54, 1.807) is 24.3 Å². The van der Waals surface area contributed by atoms with Crippen molar-refractivity contribution in [1.29, 1.82) is 0 Å². The molecule has 0 aliphatic carbocycles. The summed E-state index contributed by atoms with van der Waals surface area (Å²) in [5.74, 6) is -1.07. The third-order valence-corrected chi connectivity index (χ3v) is 5.28. The summed E-state index contributed by atoms with van der Waals surface area (Å²) in [6.07, 6.45) is 0.689. The van der Waals surface area contributed by atoms with Gasteiger partial charge < -0.3 is 10.6 Å². The number of hydrogen-bond acceptors (Lipinski definition) is 3. The first-order valence-corrected chi connectivity index (χ1v) is 10.6. The number of benzene rings is 3. The molecule has 8 heteroatoms. The minimum Gasteiger partial charge on any atom is -0.354 e. The molecule has 0 atom stereocenters. The largest absolute Gasteiger partial charge is 0.354 e. The first kappa shape index (κ1) is 22.0. The van der Waals surface area contributed by atoms with Crippen molar-refractivity contribution < 1.29 is 18.8 Å². The van der Waals surface area contributed by atoms with Crippen LogP contribution < -0.4 is 20.4 Å². The standard InChI is InChI=1S/C25H23FN4O3/c26-19-10-12-20(13-11-19)28-25(33)30-17-24(32)29(21-8-4-5-9-22(21)30)16-23(31)27-15-14-18-6-2-1-3-7-18/h1-13H,14-17H2,(H,27,31)(H,28,33). The summed E-state index contributed by atoms with van der Waals surface area (Å²) in [7, 11) is 0. The van der Waals surface area contributed by atoms with E-state index in [4.69, 9.17) is 0 Å². The Morgan fingerprint density at radius 2 is 1.55 bits per heavy atom. The minimum atomic E-state index is -0.519. The Morgan fingerprint density at radius 3 is 2.27 bits per heavy atom. The number of nitrogens with zero attached hydrogens (tertiary/aromatic N) is 2. The van der Waals surface area contributed by atoms with E-state index < -0.39 is 11.8 Å². The number of halogens is 1. The van der Waals surface area contributed by atoms with E-state index in [2.05, 4.69) is 10.6 Å². The van der Waals surface area contributed by atoms with Crippen LogP contribution in [0.3, 0.4) is 0 Å². The second-order valence-corrected chi connectivity index (χ2v) is 7.58. The summed E-state index contributed by atoms with van der Waals surface area (Å²) in [5, 5.41) is 5.51. The first-order chi connectivity index (χ1) is 16.0. The Bertz CT molecular complexity index is 1150. The number of carbonyl (C=O) groups is 3. The summed E-state index contributed by atoms with van der Waals surface area (Å²) in [6, 6.07) is 21.5. The lowest BCUT2D eigenvalue weighted by Gasteiger charge is -2.35. The molecule has 0 saturated carbocycles. The summed E-state index contributed by atoms with van der Waals surface area (Å²) in [6.45, 7) is 0.0954. The highest BCUT2D eigenvalue weighted by atomic mass is 19.1. The van der Waals surface area contributed by atoms with Crippen LogP contribution in [0.1, 0.15) is 5.56 Å². The van der Waals surface area contributed by atoms with E-state index in [-0.39, 0.29) is 24.9 Å². The molecule has 1 aliphatic rings. The molecular formula is C25H23FN4O3. The van der Waals surface area contributed by atoms with E-state index >= 15 is 0 Å². The molecular weight excluding hydrogens is 423 g/mol. The summed E-state index contributed by atoms with van der Waals surface area (Å²) in [4.78, 5) is 40.9. The molecule has 4 rings (SSSR count). The molecule has 1 heterocycles. The molecule has 1 aliphatic heterocycles. The molecule has 0 saturated heterocycles. The average molecular weight is 446 g/mol. The maximum Gasteiger partial charge on any atom is 0.326 e. The predicted octanol–water partition coefficient (Wildman–Crippen LogP) is 3.57. The van der Waals surface area contributed by atoms with Gasteiger partial charge >= 0.3 is 6.03 Å². The van der Waals surface area contributed by atoms with Crippen LogP contribution in [0.5, 0.6) is 0 Å². The van der Waals surface area contributed by atoms with Crippen molar-refractivity contribution in [1.82, 2.24) is 5.32 Å². The lowest BCUT2D eigenvalue weighted by atomic mass is 10.1. The van der Waals surface area contributed by atoms with Gasteiger partial charge in [0.25, 0.3) is 0 Å². The van der Waals surface area contributed by atoms with Crippen molar-refractivity contribution in [2.45, 2.75) is 6.42 Å². The summed E-state index contributed by atoms with van der Waals surface area (Å²) < 4.78 is 13.1. The number of carbonyl (C=O) groups excluding carboxylic acids is 3. The first-order valence-electron chi connectivity index (χ1n) is 10.6. The van der Waals surface area contributed by atoms with Gasteiger partial charge in [-0.3, -0.25) is 19.4 Å². The molecule has 168 valence electrons. The number of urea groups is 1. The van der Waals surface area contributed by atoms with E-state index in [9.17, 15) is 18.8 Å². The molecule has 0 spiro atoms. The molecule has 7 nitrogen and oxygen atoms in total. The highest BCUT2D eigenvalue weighted by molar-refractivity contribution is 6.14. The molecule has 4 amide bonds. The molecule has 3 aromatic carbocycles. The lowest BCUT2D eigenvalue weighted by molar-refractivity contribution is -0.123. The van der Waals surface area contributed by atoms with Gasteiger partial charge in [0.1, 0.15) is 18.9 Å². The fraction of sp³-hybridized carbons (Fsp3) is 0.160. The van der Waals surface area contributed by atoms with Crippen LogP contribution in [0.25, 0.3) is 0 Å². The molecule has 0 unspecified atom stereocenters. The van der Waals surface area contributed by atoms with E-state index in [1.165, 1.54) is 34.1 Å². The highest BCUT2D eigenvalue weighted by Crippen LogP contribution is 2.33. The predicted molar refractivity (Wildman–Crippen MR) is 125 cm³/mol. The second-order valence-electron chi connectivity index (χ2n) is 7.58. The molecule has 33 heavy (non-hydrogen) atoms. The molecule has 0 bridgehead atoms. The van der Waals surface area contributed by atoms with Gasteiger partial charge in [-0.25, -0.2) is 9.18 Å². The van der Waals surface area contributed by atoms with E-state index in [0.29, 0.717) is 30.0 Å². The van der Waals surface area contributed by atoms with Crippen LogP contribution >= 0.6 is 0 Å². The van der Waals surface area contributed by atoms with Crippen molar-refractivity contribution in [3.05, 3.63) is 90.2 Å². The SMILES string of the molecule is O=C(CN1C(=O)CN(C(=O)Nc2ccc(F)cc2)c2ccccc21)NCCc1ccccc1. The topological polar surface area (TPSA) is 81.8 Å². The van der Waals surface area contributed by atoms with Gasteiger partial charge in [-0.15, -0.1) is 0 Å². The van der Waals surface area contributed by atoms with E-state index in [1.807, 2.05) is 30.3 Å². The third kappa shape index (κ3) is 5.35. The van der Waals surface area contributed by atoms with Crippen LogP contribution in [-0.4, -0.2) is 37.5 Å². The van der Waals surface area contributed by atoms with Crippen molar-refractivity contribution >= 4 is 34.9 Å². The molecule has 0 fully saturated rings. The van der Waals surface area contributed by atoms with Crippen LogP contribution in [-0.2, 0) is 16.0 Å². The Labute approximate surface area is 190 Å². The van der Waals surface area contributed by atoms with Crippen LogP contribution in [0.15, 0.2) is 78.9 Å². The zero-order chi connectivity index (χ0) is 23.2. The van der Waals surface area contributed by atoms with Gasteiger partial charge in [-0.05, 0) is 48.4 Å². The zero-order valence-electron chi connectivity index (χ0n) is 17.8. The number of rotatable bonds is 6. The van der Waals surface area contributed by atoms with Crippen molar-refractivity contribution in [2.75, 3.05) is 34.8 Å². The third-order valence-electron chi connectivity index (χ3n) is 5.28. The monoisotopic (exact) mass is 446 g/mol. The molecule has 0 aromatic heterocycles. The van der Waals surface area contributed by atoms with Gasteiger partial charge in [0, 0.05) is 12.2 Å². The van der Waals surface area contributed by atoms with Gasteiger partial charge in [-0.2, -0.15) is 0 Å². The zero-order valence-corrected chi connectivity index (χ0v) is 17.8. The number of amides is 4. The Hall–Kier alpha value is -4.20. The Morgan fingerprint density at radius 1 is 0.879 bits per heavy atom. The van der Waals surface area contributed by atoms with Gasteiger partial charge in [0.2, 0.25) is 11.8 Å². The normalized spacial score (nSPS) is 12.8. The number of nitrogens with one attached hydrogen (secondary N) is 2. The minimum absolute atomic E-state index is 0.141. The average Bonchev–Trinajstić information content (AvgIpc) is 2.83. The maximum absolute atomic E-state index is 13.1. The quantitative estimate of drug-likeness (QED) is 0.607. The number of anilines is 3. The fourth-order valence-electron chi connectivity index (χ4n) is 3.63. The maximum atomic E-state index is 13.1. The number of fused-ring (bicyclic) bond motifs is 1. The van der Waals surface area contributed by atoms with Crippen molar-refractivity contribution in [2.24, 2.45) is 0 Å². The summed E-state index contributed by atoms with van der Waals surface area (Å²) >= 11 is 0. The van der Waals surface area contributed by atoms with Gasteiger partial charge in [-0.1, -0.05) is 42.5 Å². The molecule has 2 N–H and O–H groups in total. The smallest absolute Gasteiger partial charge is 0.326 e. The fourth-order valence-corrected chi connectivity index (χ4v) is 3.63. The highest BCUT2D eigenvalue weighted by Gasteiger charge is 2.33. The summed E-state index contributed by atoms with van der Waals surface area (Å²) in [5.41, 5.74) is 2.50.